The highest BCUT2D eigenvalue weighted by molar-refractivity contribution is 5.68. The van der Waals surface area contributed by atoms with Crippen LogP contribution in [0, 0.1) is 5.82 Å². The highest BCUT2D eigenvalue weighted by atomic mass is 19.3. The van der Waals surface area contributed by atoms with E-state index in [9.17, 15) is 18.3 Å². The maximum atomic E-state index is 13.3. The number of benzene rings is 1. The number of hydrogen-bond donors (Lipinski definition) is 3. The molecule has 0 saturated heterocycles. The smallest absolute Gasteiger partial charge is 0.387 e. The SMILES string of the molecule is COCC(O)CNc1cc(OC(F)F)c(F)cc1N. The van der Waals surface area contributed by atoms with Gasteiger partial charge in [-0.05, 0) is 0 Å². The van der Waals surface area contributed by atoms with Crippen molar-refractivity contribution in [3.05, 3.63) is 17.9 Å². The van der Waals surface area contributed by atoms with Gasteiger partial charge in [-0.15, -0.1) is 0 Å². The summed E-state index contributed by atoms with van der Waals surface area (Å²) in [5.41, 5.74) is 5.73. The van der Waals surface area contributed by atoms with E-state index in [1.807, 2.05) is 0 Å². The van der Waals surface area contributed by atoms with Crippen molar-refractivity contribution in [2.24, 2.45) is 0 Å². The minimum absolute atomic E-state index is 0.0173. The number of anilines is 2. The van der Waals surface area contributed by atoms with Crippen LogP contribution in [-0.2, 0) is 4.74 Å². The largest absolute Gasteiger partial charge is 0.432 e. The van der Waals surface area contributed by atoms with Crippen molar-refractivity contribution >= 4 is 11.4 Å². The number of aliphatic hydroxyl groups excluding tert-OH is 1. The van der Waals surface area contributed by atoms with Crippen LogP contribution >= 0.6 is 0 Å². The number of hydrogen-bond acceptors (Lipinski definition) is 5. The van der Waals surface area contributed by atoms with Gasteiger partial charge in [0.15, 0.2) is 11.6 Å². The fourth-order valence-corrected chi connectivity index (χ4v) is 1.39. The first-order valence-electron chi connectivity index (χ1n) is 5.38. The Labute approximate surface area is 108 Å². The van der Waals surface area contributed by atoms with Gasteiger partial charge in [-0.25, -0.2) is 4.39 Å². The summed E-state index contributed by atoms with van der Waals surface area (Å²) in [5.74, 6) is -1.60. The lowest BCUT2D eigenvalue weighted by molar-refractivity contribution is -0.0521. The van der Waals surface area contributed by atoms with Gasteiger partial charge in [0.1, 0.15) is 0 Å². The predicted octanol–water partition coefficient (Wildman–Crippen LogP) is 1.43. The first kappa shape index (κ1) is 15.4. The lowest BCUT2D eigenvalue weighted by atomic mass is 10.2. The van der Waals surface area contributed by atoms with Gasteiger partial charge >= 0.3 is 6.61 Å². The molecule has 0 bridgehead atoms. The minimum atomic E-state index is -3.13. The van der Waals surface area contributed by atoms with E-state index in [4.69, 9.17) is 10.5 Å². The van der Waals surface area contributed by atoms with Crippen LogP contribution in [0.25, 0.3) is 0 Å². The third-order valence-corrected chi connectivity index (χ3v) is 2.21. The van der Waals surface area contributed by atoms with Gasteiger partial charge in [0.05, 0.1) is 24.1 Å². The maximum Gasteiger partial charge on any atom is 0.387 e. The summed E-state index contributed by atoms with van der Waals surface area (Å²) in [5, 5.41) is 12.1. The lowest BCUT2D eigenvalue weighted by Gasteiger charge is -2.15. The molecule has 0 amide bonds. The zero-order chi connectivity index (χ0) is 14.4. The Hall–Kier alpha value is -1.67. The average molecular weight is 280 g/mol. The highest BCUT2D eigenvalue weighted by Gasteiger charge is 2.14. The maximum absolute atomic E-state index is 13.3. The van der Waals surface area contributed by atoms with E-state index in [0.717, 1.165) is 12.1 Å². The van der Waals surface area contributed by atoms with Crippen LogP contribution in [0.5, 0.6) is 5.75 Å². The Morgan fingerprint density at radius 1 is 1.42 bits per heavy atom. The van der Waals surface area contributed by atoms with E-state index < -0.39 is 24.3 Å². The summed E-state index contributed by atoms with van der Waals surface area (Å²) in [6, 6.07) is 1.87. The zero-order valence-corrected chi connectivity index (χ0v) is 10.2. The molecule has 1 aromatic carbocycles. The molecule has 0 aromatic heterocycles. The van der Waals surface area contributed by atoms with Gasteiger partial charge in [0, 0.05) is 25.8 Å². The monoisotopic (exact) mass is 280 g/mol. The highest BCUT2D eigenvalue weighted by Crippen LogP contribution is 2.29. The van der Waals surface area contributed by atoms with Crippen LogP contribution in [0.2, 0.25) is 0 Å². The van der Waals surface area contributed by atoms with Gasteiger partial charge < -0.3 is 25.6 Å². The van der Waals surface area contributed by atoms with Crippen LogP contribution < -0.4 is 15.8 Å². The van der Waals surface area contributed by atoms with Crippen molar-refractivity contribution in [2.75, 3.05) is 31.3 Å². The molecule has 0 fully saturated rings. The molecule has 5 nitrogen and oxygen atoms in total. The number of rotatable bonds is 7. The zero-order valence-electron chi connectivity index (χ0n) is 10.2. The second-order valence-corrected chi connectivity index (χ2v) is 3.74. The van der Waals surface area contributed by atoms with Crippen LogP contribution in [0.4, 0.5) is 24.5 Å². The topological polar surface area (TPSA) is 76.7 Å². The molecule has 19 heavy (non-hydrogen) atoms. The number of nitrogen functional groups attached to an aromatic ring is 1. The molecule has 0 aliphatic carbocycles. The normalized spacial score (nSPS) is 12.5. The molecular formula is C11H15F3N2O3. The number of halogens is 3. The van der Waals surface area contributed by atoms with Crippen LogP contribution in [0.1, 0.15) is 0 Å². The predicted molar refractivity (Wildman–Crippen MR) is 63.8 cm³/mol. The summed E-state index contributed by atoms with van der Waals surface area (Å²) in [6.45, 7) is -2.98. The summed E-state index contributed by atoms with van der Waals surface area (Å²) in [7, 11) is 1.42. The third kappa shape index (κ3) is 4.84. The van der Waals surface area contributed by atoms with E-state index in [-0.39, 0.29) is 24.5 Å². The molecule has 0 radical (unpaired) electrons. The van der Waals surface area contributed by atoms with Crippen molar-refractivity contribution in [3.8, 4) is 5.75 Å². The van der Waals surface area contributed by atoms with Crippen LogP contribution in [0.15, 0.2) is 12.1 Å². The van der Waals surface area contributed by atoms with Crippen molar-refractivity contribution in [1.29, 1.82) is 0 Å². The number of methoxy groups -OCH3 is 1. The van der Waals surface area contributed by atoms with Gasteiger partial charge in [-0.1, -0.05) is 0 Å². The fourth-order valence-electron chi connectivity index (χ4n) is 1.39. The summed E-state index contributed by atoms with van der Waals surface area (Å²) in [6.07, 6.45) is -0.811. The third-order valence-electron chi connectivity index (χ3n) is 2.21. The number of alkyl halides is 2. The molecule has 1 rings (SSSR count). The molecule has 1 atom stereocenters. The fraction of sp³-hybridized carbons (Fsp3) is 0.455. The molecule has 0 saturated carbocycles. The average Bonchev–Trinajstić information content (AvgIpc) is 2.31. The summed E-state index contributed by atoms with van der Waals surface area (Å²) >= 11 is 0. The summed E-state index contributed by atoms with van der Waals surface area (Å²) < 4.78 is 46.1. The number of aliphatic hydroxyl groups is 1. The molecule has 0 aliphatic heterocycles. The minimum Gasteiger partial charge on any atom is -0.432 e. The molecule has 0 spiro atoms. The van der Waals surface area contributed by atoms with Gasteiger partial charge in [-0.2, -0.15) is 8.78 Å². The molecule has 8 heteroatoms. The first-order chi connectivity index (χ1) is 8.93. The van der Waals surface area contributed by atoms with Crippen molar-refractivity contribution < 1.29 is 27.8 Å². The molecule has 1 unspecified atom stereocenters. The second-order valence-electron chi connectivity index (χ2n) is 3.74. The number of ether oxygens (including phenoxy) is 2. The second kappa shape index (κ2) is 7.05. The van der Waals surface area contributed by atoms with E-state index in [1.165, 1.54) is 7.11 Å². The Bertz CT molecular complexity index is 418. The molecule has 1 aromatic rings. The van der Waals surface area contributed by atoms with Crippen LogP contribution in [0.3, 0.4) is 0 Å². The number of nitrogens with two attached hydrogens (primary N) is 1. The Kier molecular flexibility index (Phi) is 5.71. The van der Waals surface area contributed by atoms with E-state index in [0.29, 0.717) is 0 Å². The van der Waals surface area contributed by atoms with Crippen LogP contribution in [-0.4, -0.2) is 38.1 Å². The molecule has 108 valence electrons. The molecule has 4 N–H and O–H groups in total. The Morgan fingerprint density at radius 2 is 2.11 bits per heavy atom. The van der Waals surface area contributed by atoms with Gasteiger partial charge in [-0.3, -0.25) is 0 Å². The van der Waals surface area contributed by atoms with Crippen molar-refractivity contribution in [1.82, 2.24) is 0 Å². The van der Waals surface area contributed by atoms with Gasteiger partial charge in [0.2, 0.25) is 0 Å². The van der Waals surface area contributed by atoms with E-state index in [1.54, 1.807) is 0 Å². The van der Waals surface area contributed by atoms with Gasteiger partial charge in [0.25, 0.3) is 0 Å². The van der Waals surface area contributed by atoms with E-state index in [2.05, 4.69) is 10.1 Å². The molecule has 0 heterocycles. The number of nitrogens with one attached hydrogen (secondary N) is 1. The first-order valence-corrected chi connectivity index (χ1v) is 5.38. The molecular weight excluding hydrogens is 265 g/mol. The van der Waals surface area contributed by atoms with Crippen molar-refractivity contribution in [2.45, 2.75) is 12.7 Å². The van der Waals surface area contributed by atoms with E-state index >= 15 is 0 Å². The Balaban J connectivity index is 2.77. The standard InChI is InChI=1S/C11H15F3N2O3/c1-18-5-6(17)4-16-9-3-10(19-11(13)14)7(12)2-8(9)15/h2-3,6,11,16-17H,4-5,15H2,1H3. The molecule has 0 aliphatic rings. The Morgan fingerprint density at radius 3 is 2.68 bits per heavy atom. The lowest BCUT2D eigenvalue weighted by Crippen LogP contribution is -2.24. The van der Waals surface area contributed by atoms with Crippen molar-refractivity contribution in [3.63, 3.8) is 0 Å². The summed E-state index contributed by atoms with van der Waals surface area (Å²) in [4.78, 5) is 0. The quantitative estimate of drug-likeness (QED) is 0.659.